The van der Waals surface area contributed by atoms with Crippen LogP contribution < -0.4 is 15.2 Å². The number of pyridine rings is 1. The maximum atomic E-state index is 13.2. The molecule has 2 aromatic heterocycles. The molecule has 14 heteroatoms. The van der Waals surface area contributed by atoms with E-state index in [0.29, 0.717) is 16.7 Å². The molecular formula is C25H28F6N4O4. The number of nitrogens with zero attached hydrogens (tertiary/aromatic N) is 3. The van der Waals surface area contributed by atoms with Crippen molar-refractivity contribution in [3.8, 4) is 5.75 Å². The second kappa shape index (κ2) is 10.4. The molecule has 39 heavy (non-hydrogen) atoms. The second-order valence-electron chi connectivity index (χ2n) is 10.8. The number of hydrogen-bond acceptors (Lipinski definition) is 6. The summed E-state index contributed by atoms with van der Waals surface area (Å²) in [5.41, 5.74) is 6.05. The minimum Gasteiger partial charge on any atom is -0.542 e. The maximum Gasteiger partial charge on any atom is 0.430 e. The van der Waals surface area contributed by atoms with Crippen molar-refractivity contribution in [3.63, 3.8) is 0 Å². The lowest BCUT2D eigenvalue weighted by Gasteiger charge is -2.28. The first-order chi connectivity index (χ1) is 17.4. The number of fused-ring (bicyclic) bond motifs is 1. The molecule has 1 aromatic carbocycles. The van der Waals surface area contributed by atoms with Crippen molar-refractivity contribution < 1.29 is 50.5 Å². The smallest absolute Gasteiger partial charge is 0.430 e. The van der Waals surface area contributed by atoms with Crippen LogP contribution in [0.25, 0.3) is 5.65 Å². The summed E-state index contributed by atoms with van der Waals surface area (Å²) < 4.78 is 73.0. The molecule has 0 fully saturated rings. The van der Waals surface area contributed by atoms with Gasteiger partial charge in [-0.05, 0) is 29.0 Å². The lowest BCUT2D eigenvalue weighted by molar-refractivity contribution is -0.498. The van der Waals surface area contributed by atoms with E-state index in [0.717, 1.165) is 16.7 Å². The molecule has 0 saturated carbocycles. The molecule has 3 N–H and O–H groups in total. The van der Waals surface area contributed by atoms with Crippen molar-refractivity contribution >= 4 is 23.3 Å². The van der Waals surface area contributed by atoms with Crippen molar-refractivity contribution in [2.75, 3.05) is 5.73 Å². The van der Waals surface area contributed by atoms with E-state index >= 15 is 0 Å². The molecule has 0 spiro atoms. The van der Waals surface area contributed by atoms with Gasteiger partial charge in [0.15, 0.2) is 12.3 Å². The molecule has 0 saturated heterocycles. The number of carbonyl (C=O) groups is 2. The molecule has 0 radical (unpaired) electrons. The fourth-order valence-corrected chi connectivity index (χ4v) is 3.56. The Hall–Kier alpha value is -3.84. The van der Waals surface area contributed by atoms with Crippen LogP contribution in [0.1, 0.15) is 68.6 Å². The highest BCUT2D eigenvalue weighted by Crippen LogP contribution is 2.40. The summed E-state index contributed by atoms with van der Waals surface area (Å²) in [6.45, 7) is 11.4. The fraction of sp³-hybridized carbons (Fsp3) is 0.440. The summed E-state index contributed by atoms with van der Waals surface area (Å²) in [5.74, 6) is -3.31. The molecule has 3 aromatic rings. The van der Waals surface area contributed by atoms with Crippen LogP contribution >= 0.6 is 0 Å². The average Bonchev–Trinajstić information content (AvgIpc) is 3.06. The zero-order chi connectivity index (χ0) is 30.3. The van der Waals surface area contributed by atoms with Gasteiger partial charge in [0.25, 0.3) is 0 Å². The number of aromatic hydroxyl groups is 1. The Morgan fingerprint density at radius 3 is 1.82 bits per heavy atom. The summed E-state index contributed by atoms with van der Waals surface area (Å²) in [6, 6.07) is 5.48. The normalized spacial score (nSPS) is 12.7. The summed E-state index contributed by atoms with van der Waals surface area (Å²) in [5, 5.41) is 23.7. The fourth-order valence-electron chi connectivity index (χ4n) is 3.56. The zero-order valence-corrected chi connectivity index (χ0v) is 22.0. The Kier molecular flexibility index (Phi) is 8.35. The summed E-state index contributed by atoms with van der Waals surface area (Å²) in [4.78, 5) is 22.0. The Morgan fingerprint density at radius 1 is 0.974 bits per heavy atom. The molecular weight excluding hydrogens is 534 g/mol. The number of phenols is 1. The number of hydrogen-bond donors (Lipinski definition) is 2. The number of benzene rings is 1. The van der Waals surface area contributed by atoms with E-state index in [1.807, 2.05) is 41.5 Å². The predicted molar refractivity (Wildman–Crippen MR) is 126 cm³/mol. The number of carboxylic acids is 1. The van der Waals surface area contributed by atoms with Crippen molar-refractivity contribution in [2.24, 2.45) is 0 Å². The molecule has 8 nitrogen and oxygen atoms in total. The summed E-state index contributed by atoms with van der Waals surface area (Å²) in [7, 11) is 0. The number of rotatable bonds is 3. The van der Waals surface area contributed by atoms with Gasteiger partial charge >= 0.3 is 18.3 Å². The van der Waals surface area contributed by atoms with Crippen molar-refractivity contribution in [2.45, 2.75) is 71.3 Å². The monoisotopic (exact) mass is 562 g/mol. The number of carbonyl (C=O) groups excluding carboxylic acids is 2. The quantitative estimate of drug-likeness (QED) is 0.285. The maximum absolute atomic E-state index is 13.2. The summed E-state index contributed by atoms with van der Waals surface area (Å²) in [6.07, 6.45) is -8.86. The Morgan fingerprint density at radius 2 is 1.44 bits per heavy atom. The van der Waals surface area contributed by atoms with E-state index in [-0.39, 0.29) is 29.7 Å². The number of nitrogens with two attached hydrogens (primary N) is 1. The number of carboxylic acid groups (broad SMARTS) is 1. The number of aliphatic carboxylic acids is 1. The first kappa shape index (κ1) is 31.4. The van der Waals surface area contributed by atoms with Gasteiger partial charge in [-0.15, -0.1) is 4.68 Å². The van der Waals surface area contributed by atoms with Crippen molar-refractivity contribution in [1.82, 2.24) is 9.78 Å². The van der Waals surface area contributed by atoms with Gasteiger partial charge in [0.1, 0.15) is 11.7 Å². The van der Waals surface area contributed by atoms with Gasteiger partial charge in [-0.3, -0.25) is 4.79 Å². The minimum absolute atomic E-state index is 0.157. The van der Waals surface area contributed by atoms with Gasteiger partial charge in [-0.1, -0.05) is 41.5 Å². The third-order valence-corrected chi connectivity index (χ3v) is 5.56. The third kappa shape index (κ3) is 7.39. The highest BCUT2D eigenvalue weighted by Gasteiger charge is 2.33. The predicted octanol–water partition coefficient (Wildman–Crippen LogP) is 3.70. The van der Waals surface area contributed by atoms with Crippen LogP contribution in [-0.2, 0) is 28.3 Å². The first-order valence-electron chi connectivity index (χ1n) is 11.4. The standard InChI is InChI=1S/C23H27F3N4O2.C2HF3O2/c1-21(2,3)15-9-13(10-16(19(15)32)22(4,5)6)17(31)12-30-18-8-7-14(23(24,25)26)11-29(18)20(27)28-30;3-2(4,5)1(6)7/h7-11H,12H2,1-6H3,(H2-,27,28,31,32);(H,6,7). The highest BCUT2D eigenvalue weighted by atomic mass is 19.4. The number of anilines is 1. The number of nitrogen functional groups attached to an aromatic ring is 1. The van der Waals surface area contributed by atoms with Gasteiger partial charge in [0.05, 0.1) is 11.8 Å². The van der Waals surface area contributed by atoms with Gasteiger partial charge in [-0.2, -0.15) is 30.7 Å². The largest absolute Gasteiger partial charge is 0.542 e. The van der Waals surface area contributed by atoms with Gasteiger partial charge < -0.3 is 20.7 Å². The number of halogens is 6. The lowest BCUT2D eigenvalue weighted by atomic mass is 9.78. The molecule has 0 aliphatic heterocycles. The zero-order valence-electron chi connectivity index (χ0n) is 22.0. The van der Waals surface area contributed by atoms with Crippen LogP contribution in [0.5, 0.6) is 5.75 Å². The van der Waals surface area contributed by atoms with E-state index in [2.05, 4.69) is 5.10 Å². The van der Waals surface area contributed by atoms with Gasteiger partial charge in [0.2, 0.25) is 5.65 Å². The number of phenolic OH excluding ortho intramolecular Hbond substituents is 1. The molecule has 0 bridgehead atoms. The number of ketones is 1. The highest BCUT2D eigenvalue weighted by molar-refractivity contribution is 5.97. The van der Waals surface area contributed by atoms with Crippen molar-refractivity contribution in [3.05, 3.63) is 52.7 Å². The molecule has 3 rings (SSSR count). The van der Waals surface area contributed by atoms with Crippen LogP contribution in [0.3, 0.4) is 0 Å². The Bertz CT molecular complexity index is 1360. The Balaban J connectivity index is 0.000000673. The SMILES string of the molecule is CC(C)(C)c1cc(C(=O)Cn2nc(N)[n+]3cc(C(F)(F)F)ccc23)cc(C(C)(C)C)c1O.O=C([O-])C(F)(F)F. The van der Waals surface area contributed by atoms with Crippen molar-refractivity contribution in [1.29, 1.82) is 0 Å². The van der Waals surface area contributed by atoms with E-state index < -0.39 is 34.7 Å². The van der Waals surface area contributed by atoms with E-state index in [9.17, 15) is 36.2 Å². The number of alkyl halides is 6. The molecule has 2 heterocycles. The van der Waals surface area contributed by atoms with Crippen LogP contribution in [0.15, 0.2) is 30.5 Å². The molecule has 214 valence electrons. The molecule has 0 aliphatic carbocycles. The lowest BCUT2D eigenvalue weighted by Crippen LogP contribution is -2.37. The molecule has 0 atom stereocenters. The van der Waals surface area contributed by atoms with Gasteiger partial charge in [0, 0.05) is 27.9 Å². The third-order valence-electron chi connectivity index (χ3n) is 5.56. The number of Topliss-reactive ketones (excluding diaryl/α,β-unsaturated/α-hetero) is 1. The molecule has 0 amide bonds. The summed E-state index contributed by atoms with van der Waals surface area (Å²) >= 11 is 0. The molecule has 0 aliphatic rings. The second-order valence-corrected chi connectivity index (χ2v) is 10.8. The van der Waals surface area contributed by atoms with E-state index in [1.165, 1.54) is 10.7 Å². The first-order valence-corrected chi connectivity index (χ1v) is 11.4. The van der Waals surface area contributed by atoms with Crippen LogP contribution in [0.4, 0.5) is 32.3 Å². The Labute approximate surface area is 219 Å². The van der Waals surface area contributed by atoms with Crippen LogP contribution in [-0.4, -0.2) is 32.8 Å². The van der Waals surface area contributed by atoms with Crippen LogP contribution in [0, 0.1) is 0 Å². The topological polar surface area (TPSA) is 125 Å². The molecule has 0 unspecified atom stereocenters. The average molecular weight is 563 g/mol. The van der Waals surface area contributed by atoms with E-state index in [1.54, 1.807) is 12.1 Å². The minimum atomic E-state index is -5.19. The number of aromatic nitrogens is 3. The van der Waals surface area contributed by atoms with E-state index in [4.69, 9.17) is 15.6 Å². The van der Waals surface area contributed by atoms with Crippen LogP contribution in [0.2, 0.25) is 0 Å². The van der Waals surface area contributed by atoms with Gasteiger partial charge in [-0.25, -0.2) is 0 Å².